The van der Waals surface area contributed by atoms with Crippen LogP contribution in [0.2, 0.25) is 5.02 Å². The van der Waals surface area contributed by atoms with Crippen molar-refractivity contribution >= 4 is 41.3 Å². The summed E-state index contributed by atoms with van der Waals surface area (Å²) in [4.78, 5) is 34.8. The van der Waals surface area contributed by atoms with Gasteiger partial charge in [0.05, 0.1) is 18.9 Å². The first-order valence-corrected chi connectivity index (χ1v) is 7.45. The number of hydrogen-bond acceptors (Lipinski definition) is 5. The van der Waals surface area contributed by atoms with E-state index >= 15 is 0 Å². The molecule has 0 aliphatic rings. The Morgan fingerprint density at radius 2 is 1.80 bits per heavy atom. The van der Waals surface area contributed by atoms with Crippen LogP contribution in [0.3, 0.4) is 0 Å². The lowest BCUT2D eigenvalue weighted by molar-refractivity contribution is -0.136. The minimum atomic E-state index is -0.935. The molecule has 25 heavy (non-hydrogen) atoms. The molecule has 0 aromatic heterocycles. The molecule has 8 heteroatoms. The van der Waals surface area contributed by atoms with Gasteiger partial charge < -0.3 is 10.1 Å². The highest BCUT2D eigenvalue weighted by molar-refractivity contribution is 6.39. The highest BCUT2D eigenvalue weighted by Crippen LogP contribution is 2.10. The molecule has 2 rings (SSSR count). The predicted molar refractivity (Wildman–Crippen MR) is 93.6 cm³/mol. The van der Waals surface area contributed by atoms with Gasteiger partial charge in [0.15, 0.2) is 0 Å². The van der Waals surface area contributed by atoms with Gasteiger partial charge in [0.25, 0.3) is 0 Å². The molecular formula is C17H14ClN3O4. The third-order valence-corrected chi connectivity index (χ3v) is 3.23. The van der Waals surface area contributed by atoms with Gasteiger partial charge in [0.1, 0.15) is 0 Å². The van der Waals surface area contributed by atoms with Gasteiger partial charge in [-0.2, -0.15) is 5.10 Å². The van der Waals surface area contributed by atoms with Crippen LogP contribution in [0, 0.1) is 0 Å². The molecule has 7 nitrogen and oxygen atoms in total. The number of esters is 1. The average Bonchev–Trinajstić information content (AvgIpc) is 2.61. The molecule has 0 saturated carbocycles. The van der Waals surface area contributed by atoms with Gasteiger partial charge in [0.2, 0.25) is 0 Å². The van der Waals surface area contributed by atoms with Crippen LogP contribution in [0.1, 0.15) is 15.9 Å². The predicted octanol–water partition coefficient (Wildman–Crippen LogP) is 2.22. The molecule has 0 atom stereocenters. The van der Waals surface area contributed by atoms with E-state index in [9.17, 15) is 14.4 Å². The van der Waals surface area contributed by atoms with Crippen LogP contribution < -0.4 is 10.7 Å². The van der Waals surface area contributed by atoms with Crippen LogP contribution >= 0.6 is 11.6 Å². The number of rotatable bonds is 4. The van der Waals surface area contributed by atoms with Crippen molar-refractivity contribution in [3.8, 4) is 0 Å². The van der Waals surface area contributed by atoms with Gasteiger partial charge in [-0.25, -0.2) is 10.2 Å². The van der Waals surface area contributed by atoms with E-state index < -0.39 is 17.8 Å². The summed E-state index contributed by atoms with van der Waals surface area (Å²) < 4.78 is 4.57. The van der Waals surface area contributed by atoms with Crippen molar-refractivity contribution in [1.82, 2.24) is 5.43 Å². The van der Waals surface area contributed by atoms with Crippen molar-refractivity contribution in [2.45, 2.75) is 0 Å². The molecule has 2 amide bonds. The first kappa shape index (κ1) is 18.2. The number of carbonyl (C=O) groups is 3. The largest absolute Gasteiger partial charge is 0.465 e. The topological polar surface area (TPSA) is 96.9 Å². The maximum atomic E-state index is 11.8. The summed E-state index contributed by atoms with van der Waals surface area (Å²) in [7, 11) is 1.27. The Labute approximate surface area is 148 Å². The maximum absolute atomic E-state index is 11.8. The second-order valence-corrected chi connectivity index (χ2v) is 5.21. The number of amides is 2. The number of halogens is 1. The van der Waals surface area contributed by atoms with Crippen molar-refractivity contribution in [1.29, 1.82) is 0 Å². The fraction of sp³-hybridized carbons (Fsp3) is 0.0588. The van der Waals surface area contributed by atoms with E-state index in [1.54, 1.807) is 24.3 Å². The minimum absolute atomic E-state index is 0.330. The van der Waals surface area contributed by atoms with Gasteiger partial charge in [-0.15, -0.1) is 0 Å². The standard InChI is InChI=1S/C17H14ClN3O4/c1-25-17(24)12-5-7-14(8-6-12)20-15(22)16(23)21-19-10-11-3-2-4-13(18)9-11/h2-10H,1H3,(H,20,22)(H,21,23)/b19-10+. The zero-order valence-electron chi connectivity index (χ0n) is 13.2. The Kier molecular flexibility index (Phi) is 6.25. The summed E-state index contributed by atoms with van der Waals surface area (Å²) in [6, 6.07) is 12.7. The quantitative estimate of drug-likeness (QED) is 0.378. The van der Waals surface area contributed by atoms with Gasteiger partial charge in [0, 0.05) is 10.7 Å². The van der Waals surface area contributed by atoms with Gasteiger partial charge in [-0.3, -0.25) is 9.59 Å². The zero-order valence-corrected chi connectivity index (χ0v) is 13.9. The van der Waals surface area contributed by atoms with Crippen LogP contribution in [0.5, 0.6) is 0 Å². The van der Waals surface area contributed by atoms with E-state index in [0.29, 0.717) is 21.8 Å². The van der Waals surface area contributed by atoms with Crippen molar-refractivity contribution in [3.63, 3.8) is 0 Å². The van der Waals surface area contributed by atoms with Crippen molar-refractivity contribution in [2.24, 2.45) is 5.10 Å². The molecular weight excluding hydrogens is 346 g/mol. The summed E-state index contributed by atoms with van der Waals surface area (Å²) in [5.74, 6) is -2.32. The molecule has 0 unspecified atom stereocenters. The smallest absolute Gasteiger partial charge is 0.337 e. The number of anilines is 1. The van der Waals surface area contributed by atoms with Crippen LogP contribution in [-0.4, -0.2) is 31.1 Å². The fourth-order valence-corrected chi connectivity index (χ4v) is 2.00. The molecule has 0 heterocycles. The Hall–Kier alpha value is -3.19. The molecule has 2 aromatic rings. The molecule has 0 aliphatic carbocycles. The normalized spacial score (nSPS) is 10.3. The minimum Gasteiger partial charge on any atom is -0.465 e. The Bertz CT molecular complexity index is 819. The van der Waals surface area contributed by atoms with Gasteiger partial charge in [-0.05, 0) is 42.0 Å². The van der Waals surface area contributed by atoms with E-state index in [-0.39, 0.29) is 0 Å². The van der Waals surface area contributed by atoms with Crippen molar-refractivity contribution < 1.29 is 19.1 Å². The summed E-state index contributed by atoms with van der Waals surface area (Å²) in [5, 5.41) is 6.61. The van der Waals surface area contributed by atoms with Gasteiger partial charge in [-0.1, -0.05) is 23.7 Å². The van der Waals surface area contributed by atoms with E-state index in [0.717, 1.165) is 0 Å². The number of nitrogens with zero attached hydrogens (tertiary/aromatic N) is 1. The summed E-state index contributed by atoms with van der Waals surface area (Å²) in [5.41, 5.74) is 3.47. The second-order valence-electron chi connectivity index (χ2n) is 4.78. The SMILES string of the molecule is COC(=O)c1ccc(NC(=O)C(=O)N/N=C/c2cccc(Cl)c2)cc1. The third-order valence-electron chi connectivity index (χ3n) is 3.00. The number of methoxy groups -OCH3 is 1. The molecule has 0 saturated heterocycles. The lowest BCUT2D eigenvalue weighted by Crippen LogP contribution is -2.32. The lowest BCUT2D eigenvalue weighted by Gasteiger charge is -2.05. The molecule has 2 aromatic carbocycles. The summed E-state index contributed by atoms with van der Waals surface area (Å²) in [6.45, 7) is 0. The molecule has 0 radical (unpaired) electrons. The monoisotopic (exact) mass is 359 g/mol. The zero-order chi connectivity index (χ0) is 18.2. The number of benzene rings is 2. The van der Waals surface area contributed by atoms with Crippen LogP contribution in [0.4, 0.5) is 5.69 Å². The Morgan fingerprint density at radius 1 is 1.08 bits per heavy atom. The highest BCUT2D eigenvalue weighted by Gasteiger charge is 2.13. The van der Waals surface area contributed by atoms with E-state index in [1.807, 2.05) is 0 Å². The first-order chi connectivity index (χ1) is 12.0. The average molecular weight is 360 g/mol. The molecule has 2 N–H and O–H groups in total. The molecule has 0 spiro atoms. The van der Waals surface area contributed by atoms with Crippen molar-refractivity contribution in [2.75, 3.05) is 12.4 Å². The van der Waals surface area contributed by atoms with E-state index in [2.05, 4.69) is 20.6 Å². The maximum Gasteiger partial charge on any atom is 0.337 e. The Morgan fingerprint density at radius 3 is 2.44 bits per heavy atom. The summed E-state index contributed by atoms with van der Waals surface area (Å²) in [6.07, 6.45) is 1.36. The highest BCUT2D eigenvalue weighted by atomic mass is 35.5. The number of hydrazone groups is 1. The Balaban J connectivity index is 1.89. The van der Waals surface area contributed by atoms with Crippen LogP contribution in [0.15, 0.2) is 53.6 Å². The fourth-order valence-electron chi connectivity index (χ4n) is 1.80. The number of carbonyl (C=O) groups excluding carboxylic acids is 3. The third kappa shape index (κ3) is 5.43. The van der Waals surface area contributed by atoms with E-state index in [1.165, 1.54) is 37.6 Å². The molecule has 128 valence electrons. The second kappa shape index (κ2) is 8.60. The number of ether oxygens (including phenoxy) is 1. The molecule has 0 fully saturated rings. The number of nitrogens with one attached hydrogen (secondary N) is 2. The molecule has 0 bridgehead atoms. The van der Waals surface area contributed by atoms with Crippen molar-refractivity contribution in [3.05, 3.63) is 64.7 Å². The first-order valence-electron chi connectivity index (χ1n) is 7.08. The van der Waals surface area contributed by atoms with Gasteiger partial charge >= 0.3 is 17.8 Å². The van der Waals surface area contributed by atoms with Crippen LogP contribution in [0.25, 0.3) is 0 Å². The summed E-state index contributed by atoms with van der Waals surface area (Å²) >= 11 is 5.82. The number of hydrogen-bond donors (Lipinski definition) is 2. The van der Waals surface area contributed by atoms with E-state index in [4.69, 9.17) is 11.6 Å². The molecule has 0 aliphatic heterocycles. The van der Waals surface area contributed by atoms with Crippen LogP contribution in [-0.2, 0) is 14.3 Å². The lowest BCUT2D eigenvalue weighted by atomic mass is 10.2.